The standard InChI is InChI=1S/C16H22N4O2/c1-9(2)8-18-15(21)11-7-10(3)19-16-13(11)14(20-22-16)12-5-4-6-17-12/h7,9,12,17H,4-6,8H2,1-3H3,(H,18,21). The highest BCUT2D eigenvalue weighted by atomic mass is 16.5. The van der Waals surface area contributed by atoms with Crippen LogP contribution < -0.4 is 10.6 Å². The van der Waals surface area contributed by atoms with Crippen molar-refractivity contribution in [2.75, 3.05) is 13.1 Å². The maximum atomic E-state index is 12.6. The Hall–Kier alpha value is -1.95. The van der Waals surface area contributed by atoms with E-state index in [2.05, 4.69) is 34.6 Å². The van der Waals surface area contributed by atoms with E-state index in [-0.39, 0.29) is 11.9 Å². The molecule has 3 rings (SSSR count). The number of pyridine rings is 1. The molecule has 1 aliphatic heterocycles. The van der Waals surface area contributed by atoms with Gasteiger partial charge < -0.3 is 15.2 Å². The number of carbonyl (C=O) groups is 1. The predicted octanol–water partition coefficient (Wildman–Crippen LogP) is 2.34. The number of amides is 1. The lowest BCUT2D eigenvalue weighted by molar-refractivity contribution is 0.0950. The first-order valence-corrected chi connectivity index (χ1v) is 7.84. The van der Waals surface area contributed by atoms with Crippen LogP contribution in [0.3, 0.4) is 0 Å². The lowest BCUT2D eigenvalue weighted by Crippen LogP contribution is -2.28. The maximum Gasteiger partial charge on any atom is 0.259 e. The molecule has 2 N–H and O–H groups in total. The molecule has 0 aromatic carbocycles. The zero-order valence-electron chi connectivity index (χ0n) is 13.3. The van der Waals surface area contributed by atoms with Gasteiger partial charge in [-0.1, -0.05) is 19.0 Å². The molecule has 0 bridgehead atoms. The molecule has 118 valence electrons. The quantitative estimate of drug-likeness (QED) is 0.906. The van der Waals surface area contributed by atoms with Gasteiger partial charge in [0.05, 0.1) is 17.0 Å². The van der Waals surface area contributed by atoms with Gasteiger partial charge in [-0.2, -0.15) is 0 Å². The summed E-state index contributed by atoms with van der Waals surface area (Å²) in [6.07, 6.45) is 2.11. The van der Waals surface area contributed by atoms with Gasteiger partial charge in [-0.25, -0.2) is 4.98 Å². The number of rotatable bonds is 4. The zero-order chi connectivity index (χ0) is 15.7. The average Bonchev–Trinajstić information content (AvgIpc) is 3.11. The highest BCUT2D eigenvalue weighted by molar-refractivity contribution is 6.06. The summed E-state index contributed by atoms with van der Waals surface area (Å²) < 4.78 is 5.38. The predicted molar refractivity (Wildman–Crippen MR) is 83.7 cm³/mol. The fourth-order valence-corrected chi connectivity index (χ4v) is 2.82. The average molecular weight is 302 g/mol. The smallest absolute Gasteiger partial charge is 0.259 e. The lowest BCUT2D eigenvalue weighted by atomic mass is 10.0. The molecule has 3 heterocycles. The molecule has 2 aromatic rings. The Balaban J connectivity index is 2.03. The van der Waals surface area contributed by atoms with Gasteiger partial charge in [0.15, 0.2) is 0 Å². The Morgan fingerprint density at radius 1 is 1.55 bits per heavy atom. The summed E-state index contributed by atoms with van der Waals surface area (Å²) in [5.41, 5.74) is 2.60. The third-order valence-electron chi connectivity index (χ3n) is 3.91. The summed E-state index contributed by atoms with van der Waals surface area (Å²) in [4.78, 5) is 16.9. The first-order valence-electron chi connectivity index (χ1n) is 7.84. The molecule has 1 saturated heterocycles. The molecule has 1 aliphatic rings. The van der Waals surface area contributed by atoms with E-state index in [1.165, 1.54) is 0 Å². The van der Waals surface area contributed by atoms with E-state index >= 15 is 0 Å². The Kier molecular flexibility index (Phi) is 4.11. The number of aryl methyl sites for hydroxylation is 1. The molecule has 2 aromatic heterocycles. The van der Waals surface area contributed by atoms with E-state index in [1.807, 2.05) is 13.0 Å². The highest BCUT2D eigenvalue weighted by Crippen LogP contribution is 2.31. The minimum Gasteiger partial charge on any atom is -0.352 e. The van der Waals surface area contributed by atoms with Crippen molar-refractivity contribution < 1.29 is 9.32 Å². The van der Waals surface area contributed by atoms with Gasteiger partial charge in [0.2, 0.25) is 0 Å². The summed E-state index contributed by atoms with van der Waals surface area (Å²) in [6.45, 7) is 7.60. The molecule has 0 spiro atoms. The molecule has 1 unspecified atom stereocenters. The van der Waals surface area contributed by atoms with Crippen molar-refractivity contribution in [3.05, 3.63) is 23.0 Å². The number of aromatic nitrogens is 2. The van der Waals surface area contributed by atoms with Crippen LogP contribution in [0.25, 0.3) is 11.1 Å². The third-order valence-corrected chi connectivity index (χ3v) is 3.91. The second-order valence-electron chi connectivity index (χ2n) is 6.31. The van der Waals surface area contributed by atoms with Crippen LogP contribution >= 0.6 is 0 Å². The first-order chi connectivity index (χ1) is 10.6. The van der Waals surface area contributed by atoms with Gasteiger partial charge in [0.1, 0.15) is 5.69 Å². The molecule has 1 atom stereocenters. The summed E-state index contributed by atoms with van der Waals surface area (Å²) in [7, 11) is 0. The van der Waals surface area contributed by atoms with E-state index < -0.39 is 0 Å². The van der Waals surface area contributed by atoms with Crippen molar-refractivity contribution in [1.82, 2.24) is 20.8 Å². The summed E-state index contributed by atoms with van der Waals surface area (Å²) in [5, 5.41) is 11.3. The molecule has 6 heteroatoms. The van der Waals surface area contributed by atoms with Crippen molar-refractivity contribution in [1.29, 1.82) is 0 Å². The summed E-state index contributed by atoms with van der Waals surface area (Å²) >= 11 is 0. The Labute approximate surface area is 129 Å². The molecular weight excluding hydrogens is 280 g/mol. The number of nitrogens with zero attached hydrogens (tertiary/aromatic N) is 2. The normalized spacial score (nSPS) is 18.3. The Morgan fingerprint density at radius 2 is 2.36 bits per heavy atom. The van der Waals surface area contributed by atoms with Crippen LogP contribution in [-0.2, 0) is 0 Å². The Morgan fingerprint density at radius 3 is 3.05 bits per heavy atom. The van der Waals surface area contributed by atoms with Crippen molar-refractivity contribution in [2.24, 2.45) is 5.92 Å². The summed E-state index contributed by atoms with van der Waals surface area (Å²) in [5.74, 6) is 0.312. The topological polar surface area (TPSA) is 80.0 Å². The molecule has 0 radical (unpaired) electrons. The first kappa shape index (κ1) is 15.0. The van der Waals surface area contributed by atoms with Crippen molar-refractivity contribution in [2.45, 2.75) is 39.7 Å². The maximum absolute atomic E-state index is 12.6. The number of hydrogen-bond acceptors (Lipinski definition) is 5. The van der Waals surface area contributed by atoms with E-state index in [4.69, 9.17) is 4.52 Å². The molecule has 1 amide bonds. The van der Waals surface area contributed by atoms with Crippen LogP contribution in [0.2, 0.25) is 0 Å². The minimum absolute atomic E-state index is 0.0911. The second kappa shape index (κ2) is 6.04. The van der Waals surface area contributed by atoms with E-state index in [0.717, 1.165) is 36.2 Å². The monoisotopic (exact) mass is 302 g/mol. The van der Waals surface area contributed by atoms with Gasteiger partial charge in [-0.3, -0.25) is 4.79 Å². The molecule has 0 aliphatic carbocycles. The number of carbonyl (C=O) groups excluding carboxylic acids is 1. The molecule has 6 nitrogen and oxygen atoms in total. The largest absolute Gasteiger partial charge is 0.352 e. The highest BCUT2D eigenvalue weighted by Gasteiger charge is 2.26. The van der Waals surface area contributed by atoms with E-state index in [0.29, 0.717) is 23.7 Å². The Bertz CT molecular complexity index is 687. The van der Waals surface area contributed by atoms with Crippen molar-refractivity contribution in [3.63, 3.8) is 0 Å². The van der Waals surface area contributed by atoms with E-state index in [9.17, 15) is 4.79 Å². The fraction of sp³-hybridized carbons (Fsp3) is 0.562. The minimum atomic E-state index is -0.0911. The molecular formula is C16H22N4O2. The van der Waals surface area contributed by atoms with Gasteiger partial charge in [-0.15, -0.1) is 0 Å². The lowest BCUT2D eigenvalue weighted by Gasteiger charge is -2.11. The third kappa shape index (κ3) is 2.83. The molecule has 22 heavy (non-hydrogen) atoms. The SMILES string of the molecule is Cc1cc(C(=O)NCC(C)C)c2c(C3CCCN3)noc2n1. The van der Waals surface area contributed by atoms with Crippen LogP contribution in [0.1, 0.15) is 54.5 Å². The zero-order valence-corrected chi connectivity index (χ0v) is 13.3. The van der Waals surface area contributed by atoms with Crippen LogP contribution in [0.5, 0.6) is 0 Å². The van der Waals surface area contributed by atoms with Gasteiger partial charge >= 0.3 is 0 Å². The van der Waals surface area contributed by atoms with Gasteiger partial charge in [-0.05, 0) is 38.3 Å². The van der Waals surface area contributed by atoms with Gasteiger partial charge in [0.25, 0.3) is 11.6 Å². The van der Waals surface area contributed by atoms with Gasteiger partial charge in [0, 0.05) is 12.2 Å². The fourth-order valence-electron chi connectivity index (χ4n) is 2.82. The van der Waals surface area contributed by atoms with E-state index in [1.54, 1.807) is 0 Å². The second-order valence-corrected chi connectivity index (χ2v) is 6.31. The molecule has 0 saturated carbocycles. The van der Waals surface area contributed by atoms with Crippen LogP contribution in [0, 0.1) is 12.8 Å². The number of fused-ring (bicyclic) bond motifs is 1. The van der Waals surface area contributed by atoms with Crippen LogP contribution in [0.4, 0.5) is 0 Å². The van der Waals surface area contributed by atoms with Crippen molar-refractivity contribution in [3.8, 4) is 0 Å². The summed E-state index contributed by atoms with van der Waals surface area (Å²) in [6, 6.07) is 1.95. The van der Waals surface area contributed by atoms with Crippen molar-refractivity contribution >= 4 is 17.0 Å². The number of nitrogens with one attached hydrogen (secondary N) is 2. The number of hydrogen-bond donors (Lipinski definition) is 2. The van der Waals surface area contributed by atoms with Crippen LogP contribution in [0.15, 0.2) is 10.6 Å². The molecule has 1 fully saturated rings. The van der Waals surface area contributed by atoms with Crippen LogP contribution in [-0.4, -0.2) is 29.1 Å².